The van der Waals surface area contributed by atoms with Gasteiger partial charge in [0, 0.05) is 58.4 Å². The minimum atomic E-state index is -0.530. The number of carbonyl (C=O) groups excluding carboxylic acids is 1. The summed E-state index contributed by atoms with van der Waals surface area (Å²) in [4.78, 5) is 32.6. The van der Waals surface area contributed by atoms with Crippen LogP contribution in [0.2, 0.25) is 10.0 Å². The van der Waals surface area contributed by atoms with Crippen LogP contribution in [-0.4, -0.2) is 88.4 Å². The van der Waals surface area contributed by atoms with E-state index in [0.717, 1.165) is 43.8 Å². The van der Waals surface area contributed by atoms with Gasteiger partial charge in [0.25, 0.3) is 0 Å². The Morgan fingerprint density at radius 1 is 0.971 bits per heavy atom. The molecule has 2 saturated heterocycles. The van der Waals surface area contributed by atoms with Crippen molar-refractivity contribution in [3.63, 3.8) is 0 Å². The van der Waals surface area contributed by atoms with E-state index in [1.54, 1.807) is 17.0 Å². The molecule has 2 aliphatic heterocycles. The number of rotatable bonds is 4. The van der Waals surface area contributed by atoms with Gasteiger partial charge in [-0.2, -0.15) is 0 Å². The zero-order valence-corrected chi connectivity index (χ0v) is 22.0. The van der Waals surface area contributed by atoms with Crippen LogP contribution in [0.5, 0.6) is 0 Å². The van der Waals surface area contributed by atoms with Crippen molar-refractivity contribution >= 4 is 40.3 Å². The quantitative estimate of drug-likeness (QED) is 0.622. The molecule has 10 heteroatoms. The van der Waals surface area contributed by atoms with E-state index in [2.05, 4.69) is 16.8 Å². The molecule has 0 atom stereocenters. The smallest absolute Gasteiger partial charge is 0.410 e. The van der Waals surface area contributed by atoms with Crippen molar-refractivity contribution in [2.24, 2.45) is 0 Å². The summed E-state index contributed by atoms with van der Waals surface area (Å²) in [5.74, 6) is 0. The molecular weight excluding hydrogens is 477 g/mol. The van der Waals surface area contributed by atoms with Crippen LogP contribution < -0.4 is 5.69 Å². The third-order valence-electron chi connectivity index (χ3n) is 6.72. The third-order valence-corrected chi connectivity index (χ3v) is 7.44. The van der Waals surface area contributed by atoms with Crippen LogP contribution in [0.4, 0.5) is 4.79 Å². The maximum absolute atomic E-state index is 13.6. The zero-order chi connectivity index (χ0) is 24.6. The number of hydrogen-bond acceptors (Lipinski definition) is 5. The highest BCUT2D eigenvalue weighted by atomic mass is 35.5. The number of amides is 1. The Hall–Kier alpha value is -1.74. The van der Waals surface area contributed by atoms with Crippen molar-refractivity contribution in [3.05, 3.63) is 32.7 Å². The van der Waals surface area contributed by atoms with Gasteiger partial charge in [-0.15, -0.1) is 0 Å². The molecule has 3 heterocycles. The molecule has 1 amide bonds. The predicted molar refractivity (Wildman–Crippen MR) is 136 cm³/mol. The molecule has 2 aromatic rings. The van der Waals surface area contributed by atoms with E-state index in [1.165, 1.54) is 0 Å². The Morgan fingerprint density at radius 3 is 2.15 bits per heavy atom. The maximum Gasteiger partial charge on any atom is 0.410 e. The standard InChI is InChI=1S/C24H35Cl2N5O3/c1-24(2,3)34-23(33)29-7-5-17(6-8-29)31-21-16-19(26)18(25)15-20(21)30(22(31)32)14-13-28-11-9-27(4)10-12-28/h15-17H,5-14H2,1-4H3. The van der Waals surface area contributed by atoms with Crippen molar-refractivity contribution in [2.45, 2.75) is 51.8 Å². The molecule has 4 rings (SSSR count). The third kappa shape index (κ3) is 5.56. The normalized spacial score (nSPS) is 19.2. The predicted octanol–water partition coefficient (Wildman–Crippen LogP) is 3.93. The molecule has 188 valence electrons. The highest BCUT2D eigenvalue weighted by molar-refractivity contribution is 6.42. The van der Waals surface area contributed by atoms with Gasteiger partial charge in [0.05, 0.1) is 21.1 Å². The Balaban J connectivity index is 1.56. The van der Waals surface area contributed by atoms with Gasteiger partial charge in [0.2, 0.25) is 0 Å². The molecule has 2 aliphatic rings. The van der Waals surface area contributed by atoms with Gasteiger partial charge >= 0.3 is 11.8 Å². The van der Waals surface area contributed by atoms with Crippen LogP contribution in [0.3, 0.4) is 0 Å². The van der Waals surface area contributed by atoms with Crippen molar-refractivity contribution in [3.8, 4) is 0 Å². The number of aromatic nitrogens is 2. The van der Waals surface area contributed by atoms with E-state index in [4.69, 9.17) is 27.9 Å². The molecule has 0 N–H and O–H groups in total. The number of benzene rings is 1. The van der Waals surface area contributed by atoms with Crippen molar-refractivity contribution < 1.29 is 9.53 Å². The monoisotopic (exact) mass is 511 g/mol. The van der Waals surface area contributed by atoms with Crippen LogP contribution in [0.1, 0.15) is 39.7 Å². The average Bonchev–Trinajstić information content (AvgIpc) is 3.03. The summed E-state index contributed by atoms with van der Waals surface area (Å²) in [6.45, 7) is 12.2. The first-order chi connectivity index (χ1) is 16.0. The first kappa shape index (κ1) is 25.4. The van der Waals surface area contributed by atoms with E-state index in [9.17, 15) is 9.59 Å². The molecule has 0 bridgehead atoms. The molecule has 0 radical (unpaired) electrons. The number of hydrogen-bond donors (Lipinski definition) is 0. The SMILES string of the molecule is CN1CCN(CCn2c(=O)n(C3CCN(C(=O)OC(C)(C)C)CC3)c3cc(Cl)c(Cl)cc32)CC1. The van der Waals surface area contributed by atoms with Crippen LogP contribution in [0, 0.1) is 0 Å². The van der Waals surface area contributed by atoms with E-state index in [0.29, 0.717) is 42.5 Å². The van der Waals surface area contributed by atoms with Gasteiger partial charge in [0.15, 0.2) is 0 Å². The number of imidazole rings is 1. The number of piperazine rings is 1. The van der Waals surface area contributed by atoms with Crippen LogP contribution >= 0.6 is 23.2 Å². The minimum absolute atomic E-state index is 0.0178. The Bertz CT molecular complexity index is 1090. The fraction of sp³-hybridized carbons (Fsp3) is 0.667. The number of fused-ring (bicyclic) bond motifs is 1. The second kappa shape index (κ2) is 10.1. The molecule has 1 aromatic heterocycles. The van der Waals surface area contributed by atoms with Crippen LogP contribution in [0.25, 0.3) is 11.0 Å². The van der Waals surface area contributed by atoms with E-state index in [1.807, 2.05) is 29.9 Å². The molecule has 1 aromatic carbocycles. The van der Waals surface area contributed by atoms with Crippen LogP contribution in [0.15, 0.2) is 16.9 Å². The molecule has 0 saturated carbocycles. The molecule has 2 fully saturated rings. The minimum Gasteiger partial charge on any atom is -0.444 e. The van der Waals surface area contributed by atoms with Crippen LogP contribution in [-0.2, 0) is 11.3 Å². The van der Waals surface area contributed by atoms with E-state index >= 15 is 0 Å². The fourth-order valence-electron chi connectivity index (χ4n) is 4.79. The Morgan fingerprint density at radius 2 is 1.56 bits per heavy atom. The summed E-state index contributed by atoms with van der Waals surface area (Å²) in [6.07, 6.45) is 1.05. The topological polar surface area (TPSA) is 63.0 Å². The van der Waals surface area contributed by atoms with Gasteiger partial charge < -0.3 is 14.5 Å². The Kier molecular flexibility index (Phi) is 7.53. The summed E-state index contributed by atoms with van der Waals surface area (Å²) < 4.78 is 9.20. The molecular formula is C24H35Cl2N5O3. The van der Waals surface area contributed by atoms with Crippen molar-refractivity contribution in [1.29, 1.82) is 0 Å². The largest absolute Gasteiger partial charge is 0.444 e. The lowest BCUT2D eigenvalue weighted by molar-refractivity contribution is 0.0188. The summed E-state index contributed by atoms with van der Waals surface area (Å²) in [7, 11) is 2.13. The highest BCUT2D eigenvalue weighted by Crippen LogP contribution is 2.31. The molecule has 34 heavy (non-hydrogen) atoms. The number of halogens is 2. The van der Waals surface area contributed by atoms with Crippen molar-refractivity contribution in [1.82, 2.24) is 23.8 Å². The summed E-state index contributed by atoms with van der Waals surface area (Å²) in [5.41, 5.74) is 1.03. The summed E-state index contributed by atoms with van der Waals surface area (Å²) >= 11 is 12.7. The molecule has 0 unspecified atom stereocenters. The lowest BCUT2D eigenvalue weighted by atomic mass is 10.0. The number of nitrogens with zero attached hydrogens (tertiary/aromatic N) is 5. The van der Waals surface area contributed by atoms with Gasteiger partial charge in [-0.25, -0.2) is 9.59 Å². The number of piperidine rings is 1. The Labute approximate surface area is 210 Å². The lowest BCUT2D eigenvalue weighted by Crippen LogP contribution is -2.46. The summed E-state index contributed by atoms with van der Waals surface area (Å²) in [6, 6.07) is 3.58. The number of likely N-dealkylation sites (N-methyl/N-ethyl adjacent to an activating group) is 1. The van der Waals surface area contributed by atoms with Gasteiger partial charge in [-0.1, -0.05) is 23.2 Å². The van der Waals surface area contributed by atoms with E-state index < -0.39 is 5.60 Å². The van der Waals surface area contributed by atoms with E-state index in [-0.39, 0.29) is 17.8 Å². The second-order valence-corrected chi connectivity index (χ2v) is 11.2. The van der Waals surface area contributed by atoms with Gasteiger partial charge in [0.1, 0.15) is 5.60 Å². The second-order valence-electron chi connectivity index (χ2n) is 10.4. The lowest BCUT2D eigenvalue weighted by Gasteiger charge is -2.33. The zero-order valence-electron chi connectivity index (χ0n) is 20.5. The van der Waals surface area contributed by atoms with Gasteiger partial charge in [-0.05, 0) is 52.8 Å². The molecule has 8 nitrogen and oxygen atoms in total. The fourth-order valence-corrected chi connectivity index (χ4v) is 5.10. The first-order valence-corrected chi connectivity index (χ1v) is 12.8. The highest BCUT2D eigenvalue weighted by Gasteiger charge is 2.30. The molecule has 0 aliphatic carbocycles. The average molecular weight is 512 g/mol. The number of ether oxygens (including phenoxy) is 1. The summed E-state index contributed by atoms with van der Waals surface area (Å²) in [5, 5.41) is 0.879. The first-order valence-electron chi connectivity index (χ1n) is 12.0. The van der Waals surface area contributed by atoms with Gasteiger partial charge in [-0.3, -0.25) is 14.0 Å². The number of carbonyl (C=O) groups is 1. The molecule has 0 spiro atoms. The van der Waals surface area contributed by atoms with Crippen molar-refractivity contribution in [2.75, 3.05) is 52.9 Å². The number of likely N-dealkylation sites (tertiary alicyclic amines) is 1. The maximum atomic E-state index is 13.6.